The van der Waals surface area contributed by atoms with Gasteiger partial charge in [-0.15, -0.1) is 0 Å². The Morgan fingerprint density at radius 3 is 2.23 bits per heavy atom. The first kappa shape index (κ1) is 12.0. The average molecular weight is 513 g/mol. The van der Waals surface area contributed by atoms with Crippen LogP contribution < -0.4 is 5.32 Å². The number of carbonyl (C=O) groups excluding carboxylic acids is 1. The molecule has 1 amide bonds. The minimum Gasteiger partial charge on any atom is -0.325 e. The maximum atomic E-state index is 10.8. The van der Waals surface area contributed by atoms with Crippen molar-refractivity contribution >= 4 is 79.4 Å². The number of benzene rings is 1. The van der Waals surface area contributed by atoms with Gasteiger partial charge in [0.2, 0.25) is 5.91 Å². The van der Waals surface area contributed by atoms with Crippen LogP contribution in [0.3, 0.4) is 0 Å². The van der Waals surface area contributed by atoms with E-state index in [1.165, 1.54) is 10.5 Å². The van der Waals surface area contributed by atoms with Crippen LogP contribution in [0, 0.1) is 10.7 Å². The Morgan fingerprint density at radius 1 is 1.15 bits per heavy atom. The fourth-order valence-corrected chi connectivity index (χ4v) is 2.94. The molecule has 13 heavy (non-hydrogen) atoms. The molecule has 0 fully saturated rings. The van der Waals surface area contributed by atoms with E-state index >= 15 is 0 Å². The monoisotopic (exact) mass is 513 g/mol. The molecule has 1 aromatic rings. The molecular weight excluding hydrogens is 507 g/mol. The molecule has 1 rings (SSSR count). The van der Waals surface area contributed by atoms with Gasteiger partial charge < -0.3 is 5.32 Å². The number of carbonyl (C=O) groups is 1. The molecule has 0 atom stereocenters. The highest BCUT2D eigenvalue weighted by molar-refractivity contribution is 14.1. The lowest BCUT2D eigenvalue weighted by molar-refractivity contribution is -0.114. The minimum absolute atomic E-state index is 0.0325. The van der Waals surface area contributed by atoms with Crippen LogP contribution in [0.4, 0.5) is 5.69 Å². The number of rotatable bonds is 1. The fourth-order valence-electron chi connectivity index (χ4n) is 0.808. The van der Waals surface area contributed by atoms with E-state index in [1.807, 2.05) is 12.1 Å². The van der Waals surface area contributed by atoms with Crippen molar-refractivity contribution in [2.45, 2.75) is 6.92 Å². The third kappa shape index (κ3) is 3.50. The molecule has 1 aromatic carbocycles. The quantitative estimate of drug-likeness (QED) is 0.453. The first-order chi connectivity index (χ1) is 6.00. The summed E-state index contributed by atoms with van der Waals surface area (Å²) in [7, 11) is 0. The summed E-state index contributed by atoms with van der Waals surface area (Å²) in [6.45, 7) is 1.51. The van der Waals surface area contributed by atoms with Gasteiger partial charge in [0.1, 0.15) is 0 Å². The zero-order chi connectivity index (χ0) is 10.0. The Kier molecular flexibility index (Phi) is 4.69. The van der Waals surface area contributed by atoms with Gasteiger partial charge in [0.15, 0.2) is 0 Å². The molecule has 0 heterocycles. The van der Waals surface area contributed by atoms with E-state index < -0.39 is 0 Å². The summed E-state index contributed by atoms with van der Waals surface area (Å²) in [6.07, 6.45) is 0. The second kappa shape index (κ2) is 5.10. The lowest BCUT2D eigenvalue weighted by Crippen LogP contribution is -2.07. The molecule has 0 saturated carbocycles. The topological polar surface area (TPSA) is 29.1 Å². The van der Waals surface area contributed by atoms with E-state index in [9.17, 15) is 4.79 Å². The van der Waals surface area contributed by atoms with Crippen molar-refractivity contribution in [3.8, 4) is 0 Å². The molecular formula is C8H6I3NO. The number of hydrogen-bond donors (Lipinski definition) is 1. The Balaban J connectivity index is 3.08. The number of anilines is 1. The van der Waals surface area contributed by atoms with Crippen LogP contribution in [-0.4, -0.2) is 5.91 Å². The molecule has 0 unspecified atom stereocenters. The van der Waals surface area contributed by atoms with Crippen molar-refractivity contribution < 1.29 is 4.79 Å². The molecule has 0 radical (unpaired) electrons. The SMILES string of the molecule is CC(=O)Nc1cc(I)c(I)cc1I. The molecule has 0 spiro atoms. The summed E-state index contributed by atoms with van der Waals surface area (Å²) < 4.78 is 3.43. The van der Waals surface area contributed by atoms with Crippen LogP contribution in [0.1, 0.15) is 6.92 Å². The van der Waals surface area contributed by atoms with Crippen molar-refractivity contribution in [3.05, 3.63) is 22.8 Å². The number of halogens is 3. The minimum atomic E-state index is -0.0325. The van der Waals surface area contributed by atoms with Crippen LogP contribution >= 0.6 is 67.8 Å². The summed E-state index contributed by atoms with van der Waals surface area (Å²) >= 11 is 6.74. The molecule has 2 nitrogen and oxygen atoms in total. The zero-order valence-corrected chi connectivity index (χ0v) is 13.2. The molecule has 0 saturated heterocycles. The van der Waals surface area contributed by atoms with Crippen LogP contribution in [0.25, 0.3) is 0 Å². The van der Waals surface area contributed by atoms with Gasteiger partial charge in [-0.05, 0) is 79.9 Å². The predicted octanol–water partition coefficient (Wildman–Crippen LogP) is 3.46. The van der Waals surface area contributed by atoms with E-state index in [0.29, 0.717) is 0 Å². The molecule has 70 valence electrons. The normalized spacial score (nSPS) is 9.85. The zero-order valence-electron chi connectivity index (χ0n) is 6.70. The maximum absolute atomic E-state index is 10.8. The lowest BCUT2D eigenvalue weighted by atomic mass is 10.3. The number of nitrogens with one attached hydrogen (secondary N) is 1. The Bertz CT molecular complexity index is 351. The second-order valence-corrected chi connectivity index (χ2v) is 5.91. The summed E-state index contributed by atoms with van der Waals surface area (Å²) in [5.41, 5.74) is 0.887. The summed E-state index contributed by atoms with van der Waals surface area (Å²) in [5.74, 6) is -0.0325. The molecule has 0 bridgehead atoms. The molecule has 1 N–H and O–H groups in total. The largest absolute Gasteiger partial charge is 0.325 e. The number of amides is 1. The second-order valence-electron chi connectivity index (χ2n) is 2.43. The maximum Gasteiger partial charge on any atom is 0.221 e. The Hall–Kier alpha value is 0.880. The van der Waals surface area contributed by atoms with Gasteiger partial charge in [0.25, 0.3) is 0 Å². The summed E-state index contributed by atoms with van der Waals surface area (Å²) in [5, 5.41) is 2.79. The average Bonchev–Trinajstić information content (AvgIpc) is 1.99. The summed E-state index contributed by atoms with van der Waals surface area (Å²) in [4.78, 5) is 10.8. The van der Waals surface area contributed by atoms with Crippen molar-refractivity contribution in [3.63, 3.8) is 0 Å². The van der Waals surface area contributed by atoms with E-state index in [2.05, 4.69) is 73.1 Å². The first-order valence-corrected chi connectivity index (χ1v) is 6.66. The molecule has 0 aliphatic heterocycles. The fraction of sp³-hybridized carbons (Fsp3) is 0.125. The third-order valence-electron chi connectivity index (χ3n) is 1.32. The van der Waals surface area contributed by atoms with Gasteiger partial charge in [-0.3, -0.25) is 4.79 Å². The predicted molar refractivity (Wildman–Crippen MR) is 78.9 cm³/mol. The van der Waals surface area contributed by atoms with Crippen LogP contribution in [-0.2, 0) is 4.79 Å². The first-order valence-electron chi connectivity index (χ1n) is 3.43. The van der Waals surface area contributed by atoms with Crippen molar-refractivity contribution in [1.29, 1.82) is 0 Å². The van der Waals surface area contributed by atoms with E-state index in [-0.39, 0.29) is 5.91 Å². The van der Waals surface area contributed by atoms with Crippen LogP contribution in [0.5, 0.6) is 0 Å². The Labute approximate surface area is 118 Å². The van der Waals surface area contributed by atoms with Gasteiger partial charge in [0.05, 0.1) is 5.69 Å². The number of hydrogen-bond acceptors (Lipinski definition) is 1. The van der Waals surface area contributed by atoms with Gasteiger partial charge in [0, 0.05) is 17.6 Å². The third-order valence-corrected chi connectivity index (χ3v) is 5.03. The van der Waals surface area contributed by atoms with Crippen LogP contribution in [0.2, 0.25) is 0 Å². The highest BCUT2D eigenvalue weighted by Gasteiger charge is 2.05. The van der Waals surface area contributed by atoms with E-state index in [4.69, 9.17) is 0 Å². The van der Waals surface area contributed by atoms with Gasteiger partial charge in [-0.25, -0.2) is 0 Å². The van der Waals surface area contributed by atoms with Crippen molar-refractivity contribution in [2.75, 3.05) is 5.32 Å². The molecule has 0 aliphatic rings. The molecule has 0 aromatic heterocycles. The standard InChI is InChI=1S/C8H6I3NO/c1-4(13)12-8-3-6(10)5(9)2-7(8)11/h2-3H,1H3,(H,12,13). The lowest BCUT2D eigenvalue weighted by Gasteiger charge is -2.06. The summed E-state index contributed by atoms with van der Waals surface area (Å²) in [6, 6.07) is 4.03. The van der Waals surface area contributed by atoms with Gasteiger partial charge in [-0.1, -0.05) is 0 Å². The van der Waals surface area contributed by atoms with E-state index in [0.717, 1.165) is 12.8 Å². The van der Waals surface area contributed by atoms with Crippen LogP contribution in [0.15, 0.2) is 12.1 Å². The smallest absolute Gasteiger partial charge is 0.221 e. The van der Waals surface area contributed by atoms with Crippen molar-refractivity contribution in [1.82, 2.24) is 0 Å². The molecule has 5 heteroatoms. The highest BCUT2D eigenvalue weighted by Crippen LogP contribution is 2.25. The van der Waals surface area contributed by atoms with E-state index in [1.54, 1.807) is 0 Å². The van der Waals surface area contributed by atoms with Gasteiger partial charge >= 0.3 is 0 Å². The highest BCUT2D eigenvalue weighted by atomic mass is 127. The Morgan fingerprint density at radius 2 is 1.69 bits per heavy atom. The van der Waals surface area contributed by atoms with Gasteiger partial charge in [-0.2, -0.15) is 0 Å². The van der Waals surface area contributed by atoms with Crippen molar-refractivity contribution in [2.24, 2.45) is 0 Å². The molecule has 0 aliphatic carbocycles.